The van der Waals surface area contributed by atoms with Crippen LogP contribution in [0, 0.1) is 0 Å². The van der Waals surface area contributed by atoms with Crippen LogP contribution in [0.25, 0.3) is 0 Å². The van der Waals surface area contributed by atoms with Gasteiger partial charge in [-0.05, 0) is 47.7 Å². The summed E-state index contributed by atoms with van der Waals surface area (Å²) < 4.78 is 32.6. The lowest BCUT2D eigenvalue weighted by molar-refractivity contribution is -0.140. The largest absolute Gasteiger partial charge is 0.497 e. The highest BCUT2D eigenvalue weighted by Gasteiger charge is 2.33. The number of nitrogens with zero attached hydrogens (tertiary/aromatic N) is 2. The average molecular weight is 566 g/mol. The minimum Gasteiger partial charge on any atom is -0.497 e. The van der Waals surface area contributed by atoms with Gasteiger partial charge in [0.1, 0.15) is 18.3 Å². The summed E-state index contributed by atoms with van der Waals surface area (Å²) in [5, 5.41) is 2.86. The van der Waals surface area contributed by atoms with E-state index in [1.165, 1.54) is 4.90 Å². The Morgan fingerprint density at radius 1 is 0.925 bits per heavy atom. The van der Waals surface area contributed by atoms with Gasteiger partial charge in [0, 0.05) is 19.5 Å². The van der Waals surface area contributed by atoms with Gasteiger partial charge in [0.15, 0.2) is 0 Å². The number of methoxy groups -OCH3 is 1. The van der Waals surface area contributed by atoms with Crippen LogP contribution in [0.2, 0.25) is 0 Å². The lowest BCUT2D eigenvalue weighted by atomic mass is 10.0. The van der Waals surface area contributed by atoms with Crippen LogP contribution in [0.3, 0.4) is 0 Å². The average Bonchev–Trinajstić information content (AvgIpc) is 2.93. The molecule has 0 heterocycles. The summed E-state index contributed by atoms with van der Waals surface area (Å²) in [5.41, 5.74) is 2.90. The maximum absolute atomic E-state index is 14.2. The van der Waals surface area contributed by atoms with Gasteiger partial charge in [-0.1, -0.05) is 74.5 Å². The number of para-hydroxylation sites is 1. The molecule has 0 unspecified atom stereocenters. The first-order valence-corrected chi connectivity index (χ1v) is 15.2. The number of nitrogens with one attached hydrogen (secondary N) is 1. The van der Waals surface area contributed by atoms with Crippen molar-refractivity contribution in [1.29, 1.82) is 0 Å². The van der Waals surface area contributed by atoms with Gasteiger partial charge in [-0.3, -0.25) is 13.9 Å². The van der Waals surface area contributed by atoms with Gasteiger partial charge < -0.3 is 15.0 Å². The molecule has 0 aliphatic heterocycles. The van der Waals surface area contributed by atoms with Crippen molar-refractivity contribution in [3.05, 3.63) is 95.6 Å². The lowest BCUT2D eigenvalue weighted by Gasteiger charge is -2.34. The number of hydrogen-bond acceptors (Lipinski definition) is 5. The van der Waals surface area contributed by atoms with Crippen molar-refractivity contribution < 1.29 is 22.7 Å². The number of anilines is 1. The van der Waals surface area contributed by atoms with Gasteiger partial charge in [0.05, 0.1) is 19.1 Å². The molecule has 40 heavy (non-hydrogen) atoms. The molecular weight excluding hydrogens is 526 g/mol. The first-order chi connectivity index (χ1) is 19.0. The van der Waals surface area contributed by atoms with Crippen molar-refractivity contribution in [3.63, 3.8) is 0 Å². The van der Waals surface area contributed by atoms with E-state index < -0.39 is 28.5 Å². The summed E-state index contributed by atoms with van der Waals surface area (Å²) in [4.78, 5) is 29.1. The standard InChI is InChI=1S/C31H39N3O5S/c1-6-32-31(36)29(20-24-13-8-7-9-14-24)33(21-25-15-12-16-26(19-25)39-4)30(35)22-34(40(5,37)38)28-18-11-10-17-27(28)23(2)3/h7-19,23,29H,6,20-22H2,1-5H3,(H,32,36)/t29-/m1/s1. The Labute approximate surface area is 238 Å². The van der Waals surface area contributed by atoms with E-state index in [4.69, 9.17) is 4.74 Å². The zero-order valence-electron chi connectivity index (χ0n) is 23.8. The van der Waals surface area contributed by atoms with Crippen LogP contribution in [-0.2, 0) is 32.6 Å². The number of amides is 2. The minimum atomic E-state index is -3.84. The molecule has 3 aromatic carbocycles. The molecule has 1 N–H and O–H groups in total. The fourth-order valence-corrected chi connectivity index (χ4v) is 5.48. The Bertz CT molecular complexity index is 1390. The van der Waals surface area contributed by atoms with Crippen LogP contribution in [0.4, 0.5) is 5.69 Å². The highest BCUT2D eigenvalue weighted by atomic mass is 32.2. The molecule has 0 saturated heterocycles. The van der Waals surface area contributed by atoms with E-state index in [0.29, 0.717) is 18.0 Å². The molecule has 3 aromatic rings. The third kappa shape index (κ3) is 8.08. The van der Waals surface area contributed by atoms with Gasteiger partial charge in [-0.15, -0.1) is 0 Å². The molecule has 3 rings (SSSR count). The first-order valence-electron chi connectivity index (χ1n) is 13.4. The van der Waals surface area contributed by atoms with Gasteiger partial charge >= 0.3 is 0 Å². The molecule has 0 spiro atoms. The molecule has 1 atom stereocenters. The topological polar surface area (TPSA) is 96.0 Å². The molecule has 214 valence electrons. The van der Waals surface area contributed by atoms with E-state index in [9.17, 15) is 18.0 Å². The number of carbonyl (C=O) groups is 2. The summed E-state index contributed by atoms with van der Waals surface area (Å²) in [6.07, 6.45) is 1.36. The Morgan fingerprint density at radius 3 is 2.20 bits per heavy atom. The predicted molar refractivity (Wildman–Crippen MR) is 159 cm³/mol. The van der Waals surface area contributed by atoms with E-state index >= 15 is 0 Å². The normalized spacial score (nSPS) is 12.1. The molecule has 0 radical (unpaired) electrons. The van der Waals surface area contributed by atoms with Crippen LogP contribution in [0.15, 0.2) is 78.9 Å². The molecule has 9 heteroatoms. The third-order valence-corrected chi connectivity index (χ3v) is 7.74. The number of likely N-dealkylation sites (N-methyl/N-ethyl adjacent to an activating group) is 1. The second kappa shape index (κ2) is 14.0. The molecular formula is C31H39N3O5S. The van der Waals surface area contributed by atoms with Gasteiger partial charge in [0.25, 0.3) is 0 Å². The summed E-state index contributed by atoms with van der Waals surface area (Å²) in [7, 11) is -2.28. The number of carbonyl (C=O) groups excluding carboxylic acids is 2. The monoisotopic (exact) mass is 565 g/mol. The van der Waals surface area contributed by atoms with Crippen molar-refractivity contribution in [2.24, 2.45) is 0 Å². The van der Waals surface area contributed by atoms with Crippen LogP contribution in [0.5, 0.6) is 5.75 Å². The maximum atomic E-state index is 14.2. The second-order valence-electron chi connectivity index (χ2n) is 9.96. The number of hydrogen-bond donors (Lipinski definition) is 1. The van der Waals surface area contributed by atoms with E-state index in [-0.39, 0.29) is 24.8 Å². The quantitative estimate of drug-likeness (QED) is 0.332. The molecule has 0 aromatic heterocycles. The zero-order chi connectivity index (χ0) is 29.3. The van der Waals surface area contributed by atoms with Gasteiger partial charge in [-0.25, -0.2) is 8.42 Å². The second-order valence-corrected chi connectivity index (χ2v) is 11.9. The number of rotatable bonds is 13. The number of benzene rings is 3. The van der Waals surface area contributed by atoms with Crippen LogP contribution < -0.4 is 14.4 Å². The molecule has 0 aliphatic rings. The van der Waals surface area contributed by atoms with E-state index in [1.807, 2.05) is 75.4 Å². The third-order valence-electron chi connectivity index (χ3n) is 6.62. The maximum Gasteiger partial charge on any atom is 0.244 e. The molecule has 2 amide bonds. The Kier molecular flexibility index (Phi) is 10.7. The highest BCUT2D eigenvalue weighted by molar-refractivity contribution is 7.92. The highest BCUT2D eigenvalue weighted by Crippen LogP contribution is 2.29. The Balaban J connectivity index is 2.09. The SMILES string of the molecule is CCNC(=O)[C@@H](Cc1ccccc1)N(Cc1cccc(OC)c1)C(=O)CN(c1ccccc1C(C)C)S(C)(=O)=O. The van der Waals surface area contributed by atoms with Crippen LogP contribution in [0.1, 0.15) is 43.4 Å². The molecule has 0 aliphatic carbocycles. The van der Waals surface area contributed by atoms with Gasteiger partial charge in [-0.2, -0.15) is 0 Å². The summed E-state index contributed by atoms with van der Waals surface area (Å²) in [5.74, 6) is -0.147. The Morgan fingerprint density at radius 2 is 1.57 bits per heavy atom. The molecule has 0 saturated carbocycles. The fourth-order valence-electron chi connectivity index (χ4n) is 4.61. The van der Waals surface area contributed by atoms with E-state index in [2.05, 4.69) is 5.32 Å². The fraction of sp³-hybridized carbons (Fsp3) is 0.355. The van der Waals surface area contributed by atoms with Crippen molar-refractivity contribution in [2.45, 2.75) is 45.7 Å². The summed E-state index contributed by atoms with van der Waals surface area (Å²) >= 11 is 0. The summed E-state index contributed by atoms with van der Waals surface area (Å²) in [6.45, 7) is 5.80. The van der Waals surface area contributed by atoms with Crippen molar-refractivity contribution in [1.82, 2.24) is 10.2 Å². The van der Waals surface area contributed by atoms with Gasteiger partial charge in [0.2, 0.25) is 21.8 Å². The zero-order valence-corrected chi connectivity index (χ0v) is 24.6. The Hall–Kier alpha value is -3.85. The van der Waals surface area contributed by atoms with Crippen molar-refractivity contribution in [2.75, 3.05) is 30.8 Å². The summed E-state index contributed by atoms with van der Waals surface area (Å²) in [6, 6.07) is 23.0. The molecule has 0 bridgehead atoms. The predicted octanol–water partition coefficient (Wildman–Crippen LogP) is 4.36. The van der Waals surface area contributed by atoms with E-state index in [1.54, 1.807) is 31.4 Å². The van der Waals surface area contributed by atoms with E-state index in [0.717, 1.165) is 27.3 Å². The van der Waals surface area contributed by atoms with Crippen molar-refractivity contribution in [3.8, 4) is 5.75 Å². The minimum absolute atomic E-state index is 0.0320. The number of sulfonamides is 1. The van der Waals surface area contributed by atoms with Crippen LogP contribution in [-0.4, -0.2) is 57.6 Å². The number of ether oxygens (including phenoxy) is 1. The lowest BCUT2D eigenvalue weighted by Crippen LogP contribution is -2.53. The molecule has 8 nitrogen and oxygen atoms in total. The first kappa shape index (κ1) is 30.7. The molecule has 0 fully saturated rings. The van der Waals surface area contributed by atoms with Crippen molar-refractivity contribution >= 4 is 27.5 Å². The smallest absolute Gasteiger partial charge is 0.244 e. The van der Waals surface area contributed by atoms with Crippen LogP contribution >= 0.6 is 0 Å².